The van der Waals surface area contributed by atoms with E-state index in [2.05, 4.69) is 22.2 Å². The Bertz CT molecular complexity index is 247. The zero-order valence-corrected chi connectivity index (χ0v) is 9.10. The quantitative estimate of drug-likeness (QED) is 0.775. The van der Waals surface area contributed by atoms with E-state index in [9.17, 15) is 0 Å². The Morgan fingerprint density at radius 1 is 1.62 bits per heavy atom. The van der Waals surface area contributed by atoms with Crippen LogP contribution in [-0.2, 0) is 6.54 Å². The van der Waals surface area contributed by atoms with Gasteiger partial charge in [-0.3, -0.25) is 4.90 Å². The van der Waals surface area contributed by atoms with E-state index in [-0.39, 0.29) is 0 Å². The summed E-state index contributed by atoms with van der Waals surface area (Å²) in [6, 6.07) is 0. The Labute approximate surface area is 83.6 Å². The van der Waals surface area contributed by atoms with Crippen molar-refractivity contribution in [2.45, 2.75) is 20.4 Å². The lowest BCUT2D eigenvalue weighted by molar-refractivity contribution is 0.287. The van der Waals surface area contributed by atoms with E-state index < -0.39 is 0 Å². The monoisotopic (exact) mass is 199 g/mol. The summed E-state index contributed by atoms with van der Waals surface area (Å²) in [4.78, 5) is 6.72. The Kier molecular flexibility index (Phi) is 4.35. The van der Waals surface area contributed by atoms with Crippen LogP contribution in [0.5, 0.6) is 0 Å². The van der Waals surface area contributed by atoms with Gasteiger partial charge in [-0.1, -0.05) is 6.92 Å². The zero-order chi connectivity index (χ0) is 9.68. The maximum absolute atomic E-state index is 5.51. The number of hydrogen-bond acceptors (Lipinski definition) is 4. The van der Waals surface area contributed by atoms with Crippen LogP contribution in [0.25, 0.3) is 0 Å². The molecule has 1 heterocycles. The van der Waals surface area contributed by atoms with Crippen LogP contribution in [0.1, 0.15) is 17.6 Å². The third-order valence-corrected chi connectivity index (χ3v) is 2.87. The fraction of sp³-hybridized carbons (Fsp3) is 0.667. The molecule has 4 heteroatoms. The van der Waals surface area contributed by atoms with Crippen molar-refractivity contribution in [3.05, 3.63) is 16.1 Å². The molecule has 1 rings (SSSR count). The van der Waals surface area contributed by atoms with Crippen molar-refractivity contribution in [3.63, 3.8) is 0 Å². The van der Waals surface area contributed by atoms with E-state index in [1.54, 1.807) is 11.3 Å². The number of aryl methyl sites for hydroxylation is 1. The lowest BCUT2D eigenvalue weighted by Crippen LogP contribution is -2.28. The highest BCUT2D eigenvalue weighted by Crippen LogP contribution is 2.10. The van der Waals surface area contributed by atoms with Crippen molar-refractivity contribution in [2.24, 2.45) is 5.73 Å². The predicted octanol–water partition coefficient (Wildman–Crippen LogP) is 1.23. The minimum Gasteiger partial charge on any atom is -0.329 e. The fourth-order valence-electron chi connectivity index (χ4n) is 1.20. The number of aromatic nitrogens is 1. The molecule has 74 valence electrons. The molecular formula is C9H17N3S. The minimum atomic E-state index is 0.720. The number of nitrogens with zero attached hydrogens (tertiary/aromatic N) is 2. The Morgan fingerprint density at radius 2 is 2.38 bits per heavy atom. The maximum Gasteiger partial charge on any atom is 0.107 e. The van der Waals surface area contributed by atoms with E-state index >= 15 is 0 Å². The van der Waals surface area contributed by atoms with Crippen molar-refractivity contribution in [1.82, 2.24) is 9.88 Å². The second kappa shape index (κ2) is 5.32. The van der Waals surface area contributed by atoms with Crippen molar-refractivity contribution in [3.8, 4) is 0 Å². The van der Waals surface area contributed by atoms with Gasteiger partial charge < -0.3 is 5.73 Å². The number of hydrogen-bond donors (Lipinski definition) is 1. The average molecular weight is 199 g/mol. The number of likely N-dealkylation sites (N-methyl/N-ethyl adjacent to an activating group) is 1. The van der Waals surface area contributed by atoms with Crippen LogP contribution in [0, 0.1) is 6.92 Å². The Morgan fingerprint density at radius 3 is 2.85 bits per heavy atom. The second-order valence-electron chi connectivity index (χ2n) is 3.04. The molecule has 3 nitrogen and oxygen atoms in total. The number of thiazole rings is 1. The lowest BCUT2D eigenvalue weighted by Gasteiger charge is -2.17. The molecule has 1 aromatic rings. The van der Waals surface area contributed by atoms with Crippen molar-refractivity contribution in [2.75, 3.05) is 19.6 Å². The molecule has 0 atom stereocenters. The third kappa shape index (κ3) is 3.42. The molecule has 0 amide bonds. The van der Waals surface area contributed by atoms with Gasteiger partial charge in [-0.05, 0) is 13.5 Å². The van der Waals surface area contributed by atoms with E-state index in [4.69, 9.17) is 5.73 Å². The molecule has 0 bridgehead atoms. The van der Waals surface area contributed by atoms with Crippen LogP contribution in [0.15, 0.2) is 5.38 Å². The molecule has 0 saturated heterocycles. The summed E-state index contributed by atoms with van der Waals surface area (Å²) < 4.78 is 0. The van der Waals surface area contributed by atoms with Crippen LogP contribution in [0.3, 0.4) is 0 Å². The summed E-state index contributed by atoms with van der Waals surface area (Å²) in [5.74, 6) is 0. The molecule has 0 aliphatic rings. The van der Waals surface area contributed by atoms with Gasteiger partial charge in [0.2, 0.25) is 0 Å². The molecule has 1 aromatic heterocycles. The van der Waals surface area contributed by atoms with E-state index in [0.29, 0.717) is 0 Å². The van der Waals surface area contributed by atoms with Gasteiger partial charge in [0, 0.05) is 24.2 Å². The molecule has 0 radical (unpaired) electrons. The smallest absolute Gasteiger partial charge is 0.107 e. The van der Waals surface area contributed by atoms with E-state index in [1.807, 2.05) is 6.92 Å². The Balaban J connectivity index is 2.46. The van der Waals surface area contributed by atoms with Gasteiger partial charge in [0.05, 0.1) is 6.54 Å². The van der Waals surface area contributed by atoms with Gasteiger partial charge in [0.15, 0.2) is 0 Å². The zero-order valence-electron chi connectivity index (χ0n) is 8.29. The molecule has 0 spiro atoms. The largest absolute Gasteiger partial charge is 0.329 e. The van der Waals surface area contributed by atoms with Crippen LogP contribution in [-0.4, -0.2) is 29.5 Å². The van der Waals surface area contributed by atoms with E-state index in [0.717, 1.165) is 31.9 Å². The number of rotatable bonds is 5. The normalized spacial score (nSPS) is 11.1. The van der Waals surface area contributed by atoms with Gasteiger partial charge >= 0.3 is 0 Å². The summed E-state index contributed by atoms with van der Waals surface area (Å²) in [7, 11) is 0. The summed E-state index contributed by atoms with van der Waals surface area (Å²) in [5, 5.41) is 3.28. The molecule has 0 aliphatic heterocycles. The average Bonchev–Trinajstić information content (AvgIpc) is 2.50. The highest BCUT2D eigenvalue weighted by atomic mass is 32.1. The van der Waals surface area contributed by atoms with Crippen LogP contribution >= 0.6 is 11.3 Å². The van der Waals surface area contributed by atoms with Gasteiger partial charge in [-0.2, -0.15) is 0 Å². The number of nitrogens with two attached hydrogens (primary N) is 1. The van der Waals surface area contributed by atoms with Crippen molar-refractivity contribution >= 4 is 11.3 Å². The summed E-state index contributed by atoms with van der Waals surface area (Å²) >= 11 is 1.73. The van der Waals surface area contributed by atoms with Crippen molar-refractivity contribution < 1.29 is 0 Å². The molecule has 0 unspecified atom stereocenters. The SMILES string of the molecule is CCN(CCN)Cc1nc(C)cs1. The molecule has 0 saturated carbocycles. The summed E-state index contributed by atoms with van der Waals surface area (Å²) in [6.07, 6.45) is 0. The van der Waals surface area contributed by atoms with Gasteiger partial charge in [-0.15, -0.1) is 11.3 Å². The third-order valence-electron chi connectivity index (χ3n) is 1.92. The molecular weight excluding hydrogens is 182 g/mol. The standard InChI is InChI=1S/C9H17N3S/c1-3-12(5-4-10)6-9-11-8(2)7-13-9/h7H,3-6,10H2,1-2H3. The molecule has 13 heavy (non-hydrogen) atoms. The predicted molar refractivity (Wildman–Crippen MR) is 56.9 cm³/mol. The Hall–Kier alpha value is -0.450. The second-order valence-corrected chi connectivity index (χ2v) is 3.98. The first-order valence-electron chi connectivity index (χ1n) is 4.59. The first-order valence-corrected chi connectivity index (χ1v) is 5.47. The molecule has 0 fully saturated rings. The fourth-order valence-corrected chi connectivity index (χ4v) is 2.01. The maximum atomic E-state index is 5.51. The topological polar surface area (TPSA) is 42.1 Å². The highest BCUT2D eigenvalue weighted by Gasteiger charge is 2.04. The molecule has 0 aliphatic carbocycles. The van der Waals surface area contributed by atoms with E-state index in [1.165, 1.54) is 5.01 Å². The van der Waals surface area contributed by atoms with Crippen LogP contribution in [0.4, 0.5) is 0 Å². The van der Waals surface area contributed by atoms with Gasteiger partial charge in [0.1, 0.15) is 5.01 Å². The minimum absolute atomic E-state index is 0.720. The first kappa shape index (κ1) is 10.6. The van der Waals surface area contributed by atoms with Gasteiger partial charge in [0.25, 0.3) is 0 Å². The summed E-state index contributed by atoms with van der Waals surface area (Å²) in [6.45, 7) is 7.82. The van der Waals surface area contributed by atoms with Crippen molar-refractivity contribution in [1.29, 1.82) is 0 Å². The highest BCUT2D eigenvalue weighted by molar-refractivity contribution is 7.09. The molecule has 2 N–H and O–H groups in total. The van der Waals surface area contributed by atoms with Crippen LogP contribution in [0.2, 0.25) is 0 Å². The lowest BCUT2D eigenvalue weighted by atomic mass is 10.4. The van der Waals surface area contributed by atoms with Gasteiger partial charge in [-0.25, -0.2) is 4.98 Å². The first-order chi connectivity index (χ1) is 6.26. The summed E-state index contributed by atoms with van der Waals surface area (Å²) in [5.41, 5.74) is 6.62. The molecule has 0 aromatic carbocycles. The van der Waals surface area contributed by atoms with Crippen LogP contribution < -0.4 is 5.73 Å².